The third-order valence-electron chi connectivity index (χ3n) is 6.77. The Morgan fingerprint density at radius 2 is 2.11 bits per heavy atom. The van der Waals surface area contributed by atoms with Crippen molar-refractivity contribution >= 4 is 40.8 Å². The van der Waals surface area contributed by atoms with Gasteiger partial charge in [0.2, 0.25) is 0 Å². The van der Waals surface area contributed by atoms with E-state index >= 15 is 0 Å². The van der Waals surface area contributed by atoms with Gasteiger partial charge in [-0.2, -0.15) is 0 Å². The summed E-state index contributed by atoms with van der Waals surface area (Å²) in [6.07, 6.45) is 5.23. The minimum Gasteiger partial charge on any atom is -0.457 e. The quantitative estimate of drug-likeness (QED) is 0.309. The Hall–Kier alpha value is -3.35. The van der Waals surface area contributed by atoms with Gasteiger partial charge in [0.15, 0.2) is 0 Å². The number of benzene rings is 2. The molecule has 0 saturated carbocycles. The highest BCUT2D eigenvalue weighted by Gasteiger charge is 2.24. The predicted octanol–water partition coefficient (Wildman–Crippen LogP) is 5.94. The summed E-state index contributed by atoms with van der Waals surface area (Å²) in [4.78, 5) is 27.7. The van der Waals surface area contributed by atoms with Gasteiger partial charge in [0.25, 0.3) is 11.8 Å². The molecule has 3 heterocycles. The zero-order valence-electron chi connectivity index (χ0n) is 20.4. The van der Waals surface area contributed by atoms with Gasteiger partial charge in [-0.3, -0.25) is 9.59 Å². The van der Waals surface area contributed by atoms with E-state index in [0.29, 0.717) is 34.2 Å². The molecular formula is C29H30ClN3O3. The molecule has 6 nitrogen and oxygen atoms in total. The summed E-state index contributed by atoms with van der Waals surface area (Å²) in [7, 11) is 0. The van der Waals surface area contributed by atoms with Crippen LogP contribution in [0.5, 0.6) is 0 Å². The molecule has 36 heavy (non-hydrogen) atoms. The second kappa shape index (κ2) is 10.7. The average Bonchev–Trinajstić information content (AvgIpc) is 3.46. The summed E-state index contributed by atoms with van der Waals surface area (Å²) in [6.45, 7) is 6.29. The van der Waals surface area contributed by atoms with Gasteiger partial charge in [-0.15, -0.1) is 0 Å². The minimum absolute atomic E-state index is 0.0890. The molecule has 1 saturated heterocycles. The SMILES string of the molecule is CC1CCCN(CCCNC(=O)c2cccc(-c3ccc(C=C4C(=O)Nc5ccc(Cl)cc54)o3)c2)C1. The average molecular weight is 504 g/mol. The molecule has 7 heteroatoms. The maximum atomic E-state index is 12.7. The lowest BCUT2D eigenvalue weighted by Crippen LogP contribution is -2.36. The number of nitrogens with one attached hydrogen (secondary N) is 2. The summed E-state index contributed by atoms with van der Waals surface area (Å²) in [6, 6.07) is 16.3. The van der Waals surface area contributed by atoms with E-state index in [1.54, 1.807) is 30.3 Å². The van der Waals surface area contributed by atoms with Crippen molar-refractivity contribution in [1.29, 1.82) is 0 Å². The van der Waals surface area contributed by atoms with Crippen LogP contribution in [0, 0.1) is 5.92 Å². The standard InChI is InChI=1S/C29H30ClN3O3/c1-19-5-3-13-33(18-19)14-4-12-31-28(34)21-7-2-6-20(15-21)27-11-9-23(36-27)17-25-24-16-22(30)8-10-26(24)32-29(25)35/h2,6-11,15-17,19H,3-5,12-14,18H2,1H3,(H,31,34)(H,32,35). The molecule has 3 aromatic rings. The fourth-order valence-electron chi connectivity index (χ4n) is 4.94. The van der Waals surface area contributed by atoms with Gasteiger partial charge in [-0.05, 0) is 86.8 Å². The van der Waals surface area contributed by atoms with Gasteiger partial charge in [0.05, 0.1) is 5.57 Å². The van der Waals surface area contributed by atoms with Crippen LogP contribution in [0.4, 0.5) is 5.69 Å². The van der Waals surface area contributed by atoms with Crippen LogP contribution < -0.4 is 10.6 Å². The van der Waals surface area contributed by atoms with E-state index in [-0.39, 0.29) is 11.8 Å². The summed E-state index contributed by atoms with van der Waals surface area (Å²) in [5, 5.41) is 6.44. The zero-order valence-corrected chi connectivity index (χ0v) is 21.1. The first kappa shape index (κ1) is 24.3. The molecule has 1 atom stereocenters. The number of carbonyl (C=O) groups excluding carboxylic acids is 2. The van der Waals surface area contributed by atoms with E-state index in [0.717, 1.165) is 48.8 Å². The van der Waals surface area contributed by atoms with Gasteiger partial charge >= 0.3 is 0 Å². The first-order chi connectivity index (χ1) is 17.5. The van der Waals surface area contributed by atoms with Crippen LogP contribution in [0.25, 0.3) is 23.0 Å². The molecular weight excluding hydrogens is 474 g/mol. The van der Waals surface area contributed by atoms with Crippen molar-refractivity contribution in [3.8, 4) is 11.3 Å². The van der Waals surface area contributed by atoms with Crippen molar-refractivity contribution < 1.29 is 14.0 Å². The van der Waals surface area contributed by atoms with Crippen LogP contribution in [0.15, 0.2) is 59.0 Å². The van der Waals surface area contributed by atoms with E-state index < -0.39 is 0 Å². The van der Waals surface area contributed by atoms with Crippen molar-refractivity contribution in [3.05, 3.63) is 76.5 Å². The molecule has 2 amide bonds. The van der Waals surface area contributed by atoms with Crippen LogP contribution in [-0.2, 0) is 4.79 Å². The normalized spacial score (nSPS) is 18.8. The maximum absolute atomic E-state index is 12.7. The molecule has 0 aliphatic carbocycles. The van der Waals surface area contributed by atoms with Gasteiger partial charge in [0.1, 0.15) is 11.5 Å². The Morgan fingerprint density at radius 1 is 1.22 bits per heavy atom. The lowest BCUT2D eigenvalue weighted by atomic mass is 10.0. The summed E-state index contributed by atoms with van der Waals surface area (Å²) >= 11 is 6.12. The molecule has 1 unspecified atom stereocenters. The number of fused-ring (bicyclic) bond motifs is 1. The number of piperidine rings is 1. The number of rotatable bonds is 7. The Labute approximate surface area is 216 Å². The molecule has 0 radical (unpaired) electrons. The second-order valence-electron chi connectivity index (χ2n) is 9.64. The maximum Gasteiger partial charge on any atom is 0.256 e. The van der Waals surface area contributed by atoms with Crippen molar-refractivity contribution in [1.82, 2.24) is 10.2 Å². The summed E-state index contributed by atoms with van der Waals surface area (Å²) in [5.41, 5.74) is 3.37. The second-order valence-corrected chi connectivity index (χ2v) is 10.1. The molecule has 186 valence electrons. The highest BCUT2D eigenvalue weighted by Crippen LogP contribution is 2.35. The number of hydrogen-bond acceptors (Lipinski definition) is 4. The molecule has 5 rings (SSSR count). The van der Waals surface area contributed by atoms with Gasteiger partial charge in [-0.1, -0.05) is 30.7 Å². The van der Waals surface area contributed by atoms with Crippen LogP contribution in [0.2, 0.25) is 5.02 Å². The van der Waals surface area contributed by atoms with Crippen LogP contribution in [0.3, 0.4) is 0 Å². The van der Waals surface area contributed by atoms with Gasteiger partial charge < -0.3 is 20.0 Å². The Balaban J connectivity index is 1.22. The smallest absolute Gasteiger partial charge is 0.256 e. The van der Waals surface area contributed by atoms with Crippen LogP contribution >= 0.6 is 11.6 Å². The van der Waals surface area contributed by atoms with E-state index in [1.165, 1.54) is 12.8 Å². The number of furan rings is 1. The van der Waals surface area contributed by atoms with Crippen LogP contribution in [-0.4, -0.2) is 42.9 Å². The largest absolute Gasteiger partial charge is 0.457 e. The fraction of sp³-hybridized carbons (Fsp3) is 0.310. The van der Waals surface area contributed by atoms with Crippen molar-refractivity contribution in [2.24, 2.45) is 5.92 Å². The van der Waals surface area contributed by atoms with Crippen molar-refractivity contribution in [2.45, 2.75) is 26.2 Å². The number of halogens is 1. The van der Waals surface area contributed by atoms with E-state index in [4.69, 9.17) is 16.0 Å². The van der Waals surface area contributed by atoms with Crippen molar-refractivity contribution in [3.63, 3.8) is 0 Å². The topological polar surface area (TPSA) is 74.6 Å². The minimum atomic E-state index is -0.196. The van der Waals surface area contributed by atoms with Gasteiger partial charge in [0, 0.05) is 40.5 Å². The van der Waals surface area contributed by atoms with E-state index in [9.17, 15) is 9.59 Å². The Morgan fingerprint density at radius 3 is 2.97 bits per heavy atom. The lowest BCUT2D eigenvalue weighted by molar-refractivity contribution is -0.110. The van der Waals surface area contributed by atoms with E-state index in [1.807, 2.05) is 30.3 Å². The molecule has 2 aliphatic rings. The third-order valence-corrected chi connectivity index (χ3v) is 7.00. The van der Waals surface area contributed by atoms with Gasteiger partial charge in [-0.25, -0.2) is 0 Å². The highest BCUT2D eigenvalue weighted by atomic mass is 35.5. The zero-order chi connectivity index (χ0) is 25.1. The summed E-state index contributed by atoms with van der Waals surface area (Å²) < 4.78 is 6.01. The Kier molecular flexibility index (Phi) is 7.25. The summed E-state index contributed by atoms with van der Waals surface area (Å²) in [5.74, 6) is 1.65. The number of hydrogen-bond donors (Lipinski definition) is 2. The monoisotopic (exact) mass is 503 g/mol. The molecule has 2 aliphatic heterocycles. The lowest BCUT2D eigenvalue weighted by Gasteiger charge is -2.30. The molecule has 2 N–H and O–H groups in total. The van der Waals surface area contributed by atoms with Crippen LogP contribution in [0.1, 0.15) is 47.9 Å². The predicted molar refractivity (Wildman–Crippen MR) is 144 cm³/mol. The molecule has 0 spiro atoms. The number of carbonyl (C=O) groups is 2. The molecule has 1 aromatic heterocycles. The fourth-order valence-corrected chi connectivity index (χ4v) is 5.11. The van der Waals surface area contributed by atoms with Crippen molar-refractivity contribution in [2.75, 3.05) is 31.5 Å². The third kappa shape index (κ3) is 5.55. The first-order valence-corrected chi connectivity index (χ1v) is 12.9. The van der Waals surface area contributed by atoms with E-state index in [2.05, 4.69) is 22.5 Å². The number of nitrogens with zero attached hydrogens (tertiary/aromatic N) is 1. The number of amides is 2. The molecule has 2 aromatic carbocycles. The Bertz CT molecular complexity index is 1310. The molecule has 1 fully saturated rings. The first-order valence-electron chi connectivity index (χ1n) is 12.5. The number of anilines is 1. The number of likely N-dealkylation sites (tertiary alicyclic amines) is 1. The molecule has 0 bridgehead atoms. The highest BCUT2D eigenvalue weighted by molar-refractivity contribution is 6.36.